The number of aryl methyl sites for hydroxylation is 1. The Labute approximate surface area is 119 Å². The second-order valence-corrected chi connectivity index (χ2v) is 4.56. The van der Waals surface area contributed by atoms with Crippen LogP contribution < -0.4 is 0 Å². The monoisotopic (exact) mass is 289 g/mol. The van der Waals surface area contributed by atoms with Crippen molar-refractivity contribution in [2.45, 2.75) is 12.8 Å². The average Bonchev–Trinajstić information content (AvgIpc) is 2.45. The third kappa shape index (κ3) is 2.79. The van der Waals surface area contributed by atoms with E-state index in [-0.39, 0.29) is 0 Å². The predicted molar refractivity (Wildman–Crippen MR) is 70.2 cm³/mol. The number of halogens is 3. The summed E-state index contributed by atoms with van der Waals surface area (Å²) in [6, 6.07) is 9.88. The van der Waals surface area contributed by atoms with Gasteiger partial charge in [-0.1, -0.05) is 29.8 Å². The van der Waals surface area contributed by atoms with Gasteiger partial charge in [0.15, 0.2) is 23.2 Å². The van der Waals surface area contributed by atoms with E-state index in [1.807, 2.05) is 0 Å². The van der Waals surface area contributed by atoms with Gasteiger partial charge in [0, 0.05) is 0 Å². The van der Waals surface area contributed by atoms with E-state index in [4.69, 9.17) is 5.26 Å². The lowest BCUT2D eigenvalue weighted by Crippen LogP contribution is -2.14. The molecule has 0 aliphatic heterocycles. The van der Waals surface area contributed by atoms with Gasteiger partial charge in [-0.25, -0.2) is 13.2 Å². The first-order valence-corrected chi connectivity index (χ1v) is 6.09. The fraction of sp³-hybridized carbons (Fsp3) is 0.125. The van der Waals surface area contributed by atoms with Gasteiger partial charge in [-0.05, 0) is 24.6 Å². The topological polar surface area (TPSA) is 40.9 Å². The summed E-state index contributed by atoms with van der Waals surface area (Å²) in [6.07, 6.45) is 0. The molecule has 0 saturated heterocycles. The molecule has 2 aromatic carbocycles. The highest BCUT2D eigenvalue weighted by Crippen LogP contribution is 2.24. The molecule has 106 valence electrons. The summed E-state index contributed by atoms with van der Waals surface area (Å²) >= 11 is 0. The number of Topliss-reactive ketones (excluding diaryl/α,β-unsaturated/α-hetero) is 1. The first-order valence-electron chi connectivity index (χ1n) is 6.09. The summed E-state index contributed by atoms with van der Waals surface area (Å²) < 4.78 is 39.8. The normalized spacial score (nSPS) is 11.8. The van der Waals surface area contributed by atoms with Crippen LogP contribution in [0.4, 0.5) is 13.2 Å². The molecule has 2 nitrogen and oxygen atoms in total. The minimum atomic E-state index is -1.72. The van der Waals surface area contributed by atoms with E-state index in [2.05, 4.69) is 0 Å². The van der Waals surface area contributed by atoms with Gasteiger partial charge in [-0.15, -0.1) is 0 Å². The van der Waals surface area contributed by atoms with Crippen LogP contribution in [0.25, 0.3) is 0 Å². The molecule has 0 fully saturated rings. The van der Waals surface area contributed by atoms with E-state index in [1.54, 1.807) is 37.3 Å². The minimum Gasteiger partial charge on any atom is -0.292 e. The first-order chi connectivity index (χ1) is 9.95. The van der Waals surface area contributed by atoms with Gasteiger partial charge in [0.1, 0.15) is 5.92 Å². The molecule has 2 rings (SSSR count). The summed E-state index contributed by atoms with van der Waals surface area (Å²) in [6.45, 7) is 1.78. The first kappa shape index (κ1) is 14.8. The number of nitriles is 1. The molecule has 0 amide bonds. The largest absolute Gasteiger partial charge is 0.292 e. The summed E-state index contributed by atoms with van der Waals surface area (Å²) in [7, 11) is 0. The maximum Gasteiger partial charge on any atom is 0.195 e. The maximum atomic E-state index is 13.7. The van der Waals surface area contributed by atoms with Crippen molar-refractivity contribution in [2.75, 3.05) is 0 Å². The fourth-order valence-electron chi connectivity index (χ4n) is 2.01. The number of carbonyl (C=O) groups excluding carboxylic acids is 1. The van der Waals surface area contributed by atoms with Crippen molar-refractivity contribution in [2.24, 2.45) is 0 Å². The molecule has 0 spiro atoms. The molecule has 1 unspecified atom stereocenters. The Bertz CT molecular complexity index is 750. The van der Waals surface area contributed by atoms with E-state index >= 15 is 0 Å². The average molecular weight is 289 g/mol. The fourth-order valence-corrected chi connectivity index (χ4v) is 2.01. The smallest absolute Gasteiger partial charge is 0.195 e. The van der Waals surface area contributed by atoms with E-state index < -0.39 is 34.7 Å². The van der Waals surface area contributed by atoms with Gasteiger partial charge in [0.2, 0.25) is 0 Å². The molecular formula is C16H10F3NO. The van der Waals surface area contributed by atoms with Crippen molar-refractivity contribution in [1.29, 1.82) is 5.26 Å². The van der Waals surface area contributed by atoms with Crippen LogP contribution in [-0.4, -0.2) is 5.78 Å². The highest BCUT2D eigenvalue weighted by Gasteiger charge is 2.26. The maximum absolute atomic E-state index is 13.7. The Kier molecular flexibility index (Phi) is 4.08. The zero-order chi connectivity index (χ0) is 15.6. The number of ketones is 1. The van der Waals surface area contributed by atoms with Crippen LogP contribution in [0.3, 0.4) is 0 Å². The van der Waals surface area contributed by atoms with E-state index in [0.717, 1.165) is 11.6 Å². The highest BCUT2D eigenvalue weighted by molar-refractivity contribution is 6.03. The molecule has 0 radical (unpaired) electrons. The van der Waals surface area contributed by atoms with Crippen molar-refractivity contribution < 1.29 is 18.0 Å². The van der Waals surface area contributed by atoms with E-state index in [1.165, 1.54) is 0 Å². The van der Waals surface area contributed by atoms with Crippen LogP contribution in [0.2, 0.25) is 0 Å². The molecule has 0 heterocycles. The number of nitrogens with zero attached hydrogens (tertiary/aromatic N) is 1. The molecule has 0 N–H and O–H groups in total. The molecule has 0 aliphatic rings. The van der Waals surface area contributed by atoms with Crippen LogP contribution in [0.5, 0.6) is 0 Å². The SMILES string of the molecule is Cc1cccc(C(C#N)C(=O)c2ccc(F)c(F)c2F)c1. The summed E-state index contributed by atoms with van der Waals surface area (Å²) in [5.41, 5.74) is 0.569. The number of carbonyl (C=O) groups is 1. The Morgan fingerprint density at radius 2 is 1.86 bits per heavy atom. The van der Waals surface area contributed by atoms with E-state index in [9.17, 15) is 18.0 Å². The molecule has 0 aliphatic carbocycles. The zero-order valence-corrected chi connectivity index (χ0v) is 11.0. The standard InChI is InChI=1S/C16H10F3NO/c1-9-3-2-4-10(7-9)12(8-20)16(21)11-5-6-13(17)15(19)14(11)18/h2-7,12H,1H3. The van der Waals surface area contributed by atoms with Crippen LogP contribution in [0.1, 0.15) is 27.4 Å². The minimum absolute atomic E-state index is 0.381. The molecular weight excluding hydrogens is 279 g/mol. The van der Waals surface area contributed by atoms with Crippen LogP contribution in [0.15, 0.2) is 36.4 Å². The van der Waals surface area contributed by atoms with Crippen molar-refractivity contribution in [3.8, 4) is 6.07 Å². The lowest BCUT2D eigenvalue weighted by atomic mass is 9.90. The number of benzene rings is 2. The summed E-state index contributed by atoms with van der Waals surface area (Å²) in [5.74, 6) is -6.86. The van der Waals surface area contributed by atoms with Gasteiger partial charge in [0.25, 0.3) is 0 Å². The number of hydrogen-bond donors (Lipinski definition) is 0. The van der Waals surface area contributed by atoms with E-state index in [0.29, 0.717) is 11.6 Å². The molecule has 0 saturated carbocycles. The van der Waals surface area contributed by atoms with Crippen molar-refractivity contribution >= 4 is 5.78 Å². The Balaban J connectivity index is 2.47. The zero-order valence-electron chi connectivity index (χ0n) is 11.0. The predicted octanol–water partition coefficient (Wildman–Crippen LogP) is 3.90. The molecule has 5 heteroatoms. The molecule has 21 heavy (non-hydrogen) atoms. The second kappa shape index (κ2) is 5.80. The van der Waals surface area contributed by atoms with Gasteiger partial charge in [-0.3, -0.25) is 4.79 Å². The Morgan fingerprint density at radius 1 is 1.14 bits per heavy atom. The quantitative estimate of drug-likeness (QED) is 0.635. The summed E-state index contributed by atoms with van der Waals surface area (Å²) in [5, 5.41) is 9.16. The number of rotatable bonds is 3. The van der Waals surface area contributed by atoms with Crippen molar-refractivity contribution in [3.63, 3.8) is 0 Å². The van der Waals surface area contributed by atoms with Crippen LogP contribution in [-0.2, 0) is 0 Å². The molecule has 1 atom stereocenters. The molecule has 2 aromatic rings. The third-order valence-electron chi connectivity index (χ3n) is 3.07. The highest BCUT2D eigenvalue weighted by atomic mass is 19.2. The molecule has 0 bridgehead atoms. The Hall–Kier alpha value is -2.61. The van der Waals surface area contributed by atoms with Gasteiger partial charge >= 0.3 is 0 Å². The lowest BCUT2D eigenvalue weighted by molar-refractivity contribution is 0.0973. The van der Waals surface area contributed by atoms with Gasteiger partial charge < -0.3 is 0 Å². The van der Waals surface area contributed by atoms with Crippen molar-refractivity contribution in [3.05, 3.63) is 70.5 Å². The second-order valence-electron chi connectivity index (χ2n) is 4.56. The third-order valence-corrected chi connectivity index (χ3v) is 3.07. The summed E-state index contributed by atoms with van der Waals surface area (Å²) in [4.78, 5) is 12.2. The molecule has 0 aromatic heterocycles. The van der Waals surface area contributed by atoms with Crippen LogP contribution in [0, 0.1) is 35.7 Å². The Morgan fingerprint density at radius 3 is 2.48 bits per heavy atom. The number of hydrogen-bond acceptors (Lipinski definition) is 2. The van der Waals surface area contributed by atoms with Crippen molar-refractivity contribution in [1.82, 2.24) is 0 Å². The lowest BCUT2D eigenvalue weighted by Gasteiger charge is -2.10. The van der Waals surface area contributed by atoms with Gasteiger partial charge in [0.05, 0.1) is 11.6 Å². The van der Waals surface area contributed by atoms with Gasteiger partial charge in [-0.2, -0.15) is 5.26 Å². The van der Waals surface area contributed by atoms with Crippen LogP contribution >= 0.6 is 0 Å².